The van der Waals surface area contributed by atoms with Crippen LogP contribution < -0.4 is 20.4 Å². The summed E-state index contributed by atoms with van der Waals surface area (Å²) in [6.45, 7) is 3.33. The normalized spacial score (nSPS) is 19.3. The maximum Gasteiger partial charge on any atom is 0.300 e. The average Bonchev–Trinajstić information content (AvgIpc) is 3.69. The fraction of sp³-hybridized carbons (Fsp3) is 0.423. The molecule has 38 heavy (non-hydrogen) atoms. The van der Waals surface area contributed by atoms with Gasteiger partial charge in [-0.2, -0.15) is 4.98 Å². The first-order chi connectivity index (χ1) is 18.5. The number of rotatable bonds is 8. The summed E-state index contributed by atoms with van der Waals surface area (Å²) in [5.41, 5.74) is 1.50. The van der Waals surface area contributed by atoms with E-state index in [0.717, 1.165) is 12.8 Å². The van der Waals surface area contributed by atoms with Crippen LogP contribution in [-0.4, -0.2) is 84.2 Å². The minimum absolute atomic E-state index is 0.306. The number of pyridine rings is 2. The number of fused-ring (bicyclic) bond motifs is 1. The number of hydrogen-bond donors (Lipinski definition) is 4. The molecule has 0 bridgehead atoms. The van der Waals surface area contributed by atoms with E-state index in [-0.39, 0.29) is 0 Å². The summed E-state index contributed by atoms with van der Waals surface area (Å²) in [6.07, 6.45) is 4.91. The van der Waals surface area contributed by atoms with Crippen molar-refractivity contribution in [1.29, 1.82) is 5.41 Å². The summed E-state index contributed by atoms with van der Waals surface area (Å²) in [5, 5.41) is 24.3. The van der Waals surface area contributed by atoms with Crippen molar-refractivity contribution in [2.24, 2.45) is 5.92 Å². The fourth-order valence-electron chi connectivity index (χ4n) is 4.98. The van der Waals surface area contributed by atoms with Gasteiger partial charge in [0.1, 0.15) is 17.2 Å². The molecule has 0 aromatic carbocycles. The molecule has 12 nitrogen and oxygen atoms in total. The molecule has 1 amide bonds. The molecule has 1 saturated carbocycles. The molecule has 0 atom stereocenters. The summed E-state index contributed by atoms with van der Waals surface area (Å²) in [4.78, 5) is 31.3. The van der Waals surface area contributed by atoms with Gasteiger partial charge in [0.05, 0.1) is 37.6 Å². The average molecular weight is 519 g/mol. The van der Waals surface area contributed by atoms with Crippen LogP contribution in [0.3, 0.4) is 0 Å². The van der Waals surface area contributed by atoms with Gasteiger partial charge in [-0.05, 0) is 30.9 Å². The number of hydrogen-bond acceptors (Lipinski definition) is 11. The monoisotopic (exact) mass is 518 g/mol. The van der Waals surface area contributed by atoms with E-state index >= 15 is 0 Å². The maximum absolute atomic E-state index is 13.6. The molecular formula is C26H30N8O4. The number of allylic oxidation sites excluding steroid dienone is 1. The van der Waals surface area contributed by atoms with Crippen molar-refractivity contribution in [1.82, 2.24) is 20.3 Å². The van der Waals surface area contributed by atoms with Crippen molar-refractivity contribution in [2.45, 2.75) is 18.4 Å². The van der Waals surface area contributed by atoms with E-state index in [1.807, 2.05) is 9.80 Å². The van der Waals surface area contributed by atoms with Crippen LogP contribution in [0, 0.1) is 11.3 Å². The smallest absolute Gasteiger partial charge is 0.300 e. The topological polar surface area (TPSA) is 153 Å². The molecule has 3 aliphatic rings. The minimum Gasteiger partial charge on any atom is -0.422 e. The molecule has 4 N–H and O–H groups in total. The molecule has 3 aromatic heterocycles. The number of β-amino-alcohol motifs (C(OH)–C–C–N with tert-alkyl or cyclic N) is 1. The number of aromatic nitrogens is 3. The van der Waals surface area contributed by atoms with Gasteiger partial charge in [-0.15, -0.1) is 0 Å². The highest BCUT2D eigenvalue weighted by atomic mass is 16.5. The molecule has 0 radical (unpaired) electrons. The first-order valence-electron chi connectivity index (χ1n) is 12.8. The predicted octanol–water partition coefficient (Wildman–Crippen LogP) is 1.88. The molecule has 0 unspecified atom stereocenters. The Morgan fingerprint density at radius 3 is 2.68 bits per heavy atom. The molecule has 6 rings (SSSR count). The molecule has 0 spiro atoms. The minimum atomic E-state index is -0.744. The van der Waals surface area contributed by atoms with Crippen molar-refractivity contribution in [3.8, 4) is 0 Å². The number of aliphatic hydroxyl groups is 1. The van der Waals surface area contributed by atoms with Crippen LogP contribution >= 0.6 is 0 Å². The van der Waals surface area contributed by atoms with Crippen molar-refractivity contribution in [3.05, 3.63) is 41.7 Å². The zero-order valence-electron chi connectivity index (χ0n) is 21.1. The summed E-state index contributed by atoms with van der Waals surface area (Å²) in [7, 11) is 1.74. The van der Waals surface area contributed by atoms with Crippen molar-refractivity contribution in [3.63, 3.8) is 0 Å². The van der Waals surface area contributed by atoms with Crippen molar-refractivity contribution in [2.75, 3.05) is 61.6 Å². The maximum atomic E-state index is 13.6. The number of amides is 1. The van der Waals surface area contributed by atoms with Gasteiger partial charge in [0, 0.05) is 44.2 Å². The quantitative estimate of drug-likeness (QED) is 0.325. The van der Waals surface area contributed by atoms with Gasteiger partial charge >= 0.3 is 0 Å². The summed E-state index contributed by atoms with van der Waals surface area (Å²) in [5.74, 6) is 0.695. The molecule has 12 heteroatoms. The lowest BCUT2D eigenvalue weighted by Gasteiger charge is -2.48. The first kappa shape index (κ1) is 24.3. The van der Waals surface area contributed by atoms with E-state index in [4.69, 9.17) is 19.5 Å². The van der Waals surface area contributed by atoms with E-state index in [9.17, 15) is 9.90 Å². The zero-order chi connectivity index (χ0) is 26.3. The number of anilines is 3. The number of carbonyl (C=O) groups excluding carboxylic acids is 1. The van der Waals surface area contributed by atoms with Crippen LogP contribution in [0.15, 0.2) is 34.9 Å². The van der Waals surface area contributed by atoms with Crippen LogP contribution in [-0.2, 0) is 4.74 Å². The van der Waals surface area contributed by atoms with Gasteiger partial charge in [-0.25, -0.2) is 9.97 Å². The Kier molecular flexibility index (Phi) is 6.20. The molecular weight excluding hydrogens is 488 g/mol. The highest BCUT2D eigenvalue weighted by Gasteiger charge is 2.53. The van der Waals surface area contributed by atoms with E-state index in [1.165, 1.54) is 6.21 Å². The van der Waals surface area contributed by atoms with E-state index in [1.54, 1.807) is 37.5 Å². The second-order valence-electron chi connectivity index (χ2n) is 9.91. The zero-order valence-corrected chi connectivity index (χ0v) is 21.1. The second-order valence-corrected chi connectivity index (χ2v) is 9.91. The Labute approximate surface area is 219 Å². The standard InChI is InChI=1S/C26H30N8O4/c1-28-13-16(12-27)19-3-2-4-21(29-19)30-24(35)18-11-20-22(32-25(38-20)33-7-9-37-10-8-33)31-23(18)34-14-26(36,15-34)17-5-6-17/h2-4,11-13,17,27-28,36H,5-10,14-15H2,1H3,(H,29,30,35)/b16-13+,27-12?. The van der Waals surface area contributed by atoms with Crippen LogP contribution in [0.25, 0.3) is 16.8 Å². The molecule has 3 fully saturated rings. The number of carbonyl (C=O) groups is 1. The second kappa shape index (κ2) is 9.69. The number of nitrogens with one attached hydrogen (secondary N) is 3. The van der Waals surface area contributed by atoms with Crippen LogP contribution in [0.4, 0.5) is 17.7 Å². The Morgan fingerprint density at radius 2 is 1.97 bits per heavy atom. The van der Waals surface area contributed by atoms with Gasteiger partial charge in [0.25, 0.3) is 11.9 Å². The summed E-state index contributed by atoms with van der Waals surface area (Å²) < 4.78 is 11.4. The first-order valence-corrected chi connectivity index (χ1v) is 12.8. The van der Waals surface area contributed by atoms with Gasteiger partial charge in [0.15, 0.2) is 5.58 Å². The highest BCUT2D eigenvalue weighted by molar-refractivity contribution is 6.10. The molecule has 3 aromatic rings. The van der Waals surface area contributed by atoms with Gasteiger partial charge < -0.3 is 40.1 Å². The molecule has 1 aliphatic carbocycles. The summed E-state index contributed by atoms with van der Waals surface area (Å²) in [6, 6.07) is 7.33. The van der Waals surface area contributed by atoms with E-state index in [2.05, 4.69) is 20.6 Å². The van der Waals surface area contributed by atoms with Crippen LogP contribution in [0.1, 0.15) is 28.9 Å². The third kappa shape index (κ3) is 4.56. The fourth-order valence-corrected chi connectivity index (χ4v) is 4.98. The van der Waals surface area contributed by atoms with Gasteiger partial charge in [0.2, 0.25) is 5.65 Å². The molecule has 2 saturated heterocycles. The highest BCUT2D eigenvalue weighted by Crippen LogP contribution is 2.46. The SMILES string of the molecule is CN/C=C(\C=N)c1cccc(NC(=O)c2cc3oc(N4CCOCC4)nc3nc2N2CC(O)(C3CC3)C2)n1. The lowest BCUT2D eigenvalue weighted by molar-refractivity contribution is -0.00980. The molecule has 5 heterocycles. The third-order valence-corrected chi connectivity index (χ3v) is 7.19. The third-order valence-electron chi connectivity index (χ3n) is 7.19. The number of ether oxygens (including phenoxy) is 1. The van der Waals surface area contributed by atoms with Crippen LogP contribution in [0.2, 0.25) is 0 Å². The number of nitrogens with zero attached hydrogens (tertiary/aromatic N) is 5. The Morgan fingerprint density at radius 1 is 1.18 bits per heavy atom. The molecule has 2 aliphatic heterocycles. The van der Waals surface area contributed by atoms with E-state index < -0.39 is 11.5 Å². The molecule has 198 valence electrons. The largest absolute Gasteiger partial charge is 0.422 e. The lowest BCUT2D eigenvalue weighted by Crippen LogP contribution is -2.64. The Hall–Kier alpha value is -4.03. The van der Waals surface area contributed by atoms with E-state index in [0.29, 0.717) is 91.0 Å². The van der Waals surface area contributed by atoms with Gasteiger partial charge in [-0.3, -0.25) is 4.79 Å². The predicted molar refractivity (Wildman–Crippen MR) is 143 cm³/mol. The number of morpholine rings is 1. The van der Waals surface area contributed by atoms with Crippen molar-refractivity contribution >= 4 is 46.6 Å². The van der Waals surface area contributed by atoms with Crippen LogP contribution in [0.5, 0.6) is 0 Å². The number of oxazole rings is 1. The Bertz CT molecular complexity index is 1400. The summed E-state index contributed by atoms with van der Waals surface area (Å²) >= 11 is 0. The van der Waals surface area contributed by atoms with Crippen molar-refractivity contribution < 1.29 is 19.1 Å². The Balaban J connectivity index is 1.32. The van der Waals surface area contributed by atoms with Gasteiger partial charge in [-0.1, -0.05) is 6.07 Å². The lowest BCUT2D eigenvalue weighted by atomic mass is 9.88.